The summed E-state index contributed by atoms with van der Waals surface area (Å²) in [5, 5.41) is 7.71. The lowest BCUT2D eigenvalue weighted by Gasteiger charge is -2.26. The van der Waals surface area contributed by atoms with Gasteiger partial charge < -0.3 is 10.2 Å². The lowest BCUT2D eigenvalue weighted by atomic mass is 9.80. The van der Waals surface area contributed by atoms with E-state index in [1.165, 1.54) is 44.9 Å². The molecule has 1 aromatic heterocycles. The van der Waals surface area contributed by atoms with Crippen molar-refractivity contribution in [2.75, 3.05) is 5.73 Å². The third-order valence-electron chi connectivity index (χ3n) is 3.62. The van der Waals surface area contributed by atoms with E-state index in [0.717, 1.165) is 11.8 Å². The summed E-state index contributed by atoms with van der Waals surface area (Å²) in [6.45, 7) is 2.26. The highest BCUT2D eigenvalue weighted by Crippen LogP contribution is 2.37. The third-order valence-corrected chi connectivity index (χ3v) is 3.62. The summed E-state index contributed by atoms with van der Waals surface area (Å²) in [7, 11) is 0. The second-order valence-corrected chi connectivity index (χ2v) is 4.84. The fourth-order valence-electron chi connectivity index (χ4n) is 2.60. The number of nitrogens with two attached hydrogens (primary N) is 1. The molecule has 4 heteroatoms. The highest BCUT2D eigenvalue weighted by Gasteiger charge is 2.25. The van der Waals surface area contributed by atoms with Crippen LogP contribution in [0.15, 0.2) is 4.42 Å². The summed E-state index contributed by atoms with van der Waals surface area (Å²) < 4.78 is 5.29. The van der Waals surface area contributed by atoms with Gasteiger partial charge in [0.25, 0.3) is 0 Å². The van der Waals surface area contributed by atoms with Crippen molar-refractivity contribution in [3.05, 3.63) is 5.89 Å². The molecule has 16 heavy (non-hydrogen) atoms. The molecule has 0 saturated heterocycles. The molecule has 0 unspecified atom stereocenters. The summed E-state index contributed by atoms with van der Waals surface area (Å²) in [6, 6.07) is 0.197. The number of hydrogen-bond acceptors (Lipinski definition) is 4. The van der Waals surface area contributed by atoms with Gasteiger partial charge in [-0.2, -0.15) is 0 Å². The van der Waals surface area contributed by atoms with Gasteiger partial charge in [-0.1, -0.05) is 31.3 Å². The normalized spacial score (nSPS) is 25.8. The van der Waals surface area contributed by atoms with Gasteiger partial charge in [0.15, 0.2) is 0 Å². The van der Waals surface area contributed by atoms with Crippen LogP contribution in [0.4, 0.5) is 6.01 Å². The summed E-state index contributed by atoms with van der Waals surface area (Å²) in [5.41, 5.74) is 5.44. The SMILES string of the molecule is CCCCC1CCC(c2nnc(N)o2)CC1. The third kappa shape index (κ3) is 2.74. The minimum Gasteiger partial charge on any atom is -0.408 e. The fraction of sp³-hybridized carbons (Fsp3) is 0.833. The fourth-order valence-corrected chi connectivity index (χ4v) is 2.60. The van der Waals surface area contributed by atoms with Gasteiger partial charge in [0.05, 0.1) is 0 Å². The number of anilines is 1. The molecule has 0 bridgehead atoms. The molecule has 2 rings (SSSR count). The average Bonchev–Trinajstić information content (AvgIpc) is 2.74. The van der Waals surface area contributed by atoms with E-state index in [1.807, 2.05) is 0 Å². The predicted molar refractivity (Wildman–Crippen MR) is 62.9 cm³/mol. The van der Waals surface area contributed by atoms with Crippen molar-refractivity contribution in [2.45, 2.75) is 57.8 Å². The van der Waals surface area contributed by atoms with Crippen LogP contribution in [0.3, 0.4) is 0 Å². The van der Waals surface area contributed by atoms with Gasteiger partial charge in [-0.3, -0.25) is 0 Å². The molecule has 0 atom stereocenters. The predicted octanol–water partition coefficient (Wildman–Crippen LogP) is 3.12. The van der Waals surface area contributed by atoms with Crippen LogP contribution in [0.2, 0.25) is 0 Å². The van der Waals surface area contributed by atoms with E-state index in [2.05, 4.69) is 17.1 Å². The van der Waals surface area contributed by atoms with Gasteiger partial charge in [0.2, 0.25) is 5.89 Å². The van der Waals surface area contributed by atoms with Crippen LogP contribution in [0.5, 0.6) is 0 Å². The topological polar surface area (TPSA) is 64.9 Å². The van der Waals surface area contributed by atoms with E-state index in [-0.39, 0.29) is 6.01 Å². The first-order chi connectivity index (χ1) is 7.79. The maximum atomic E-state index is 5.44. The highest BCUT2D eigenvalue weighted by atomic mass is 16.4. The van der Waals surface area contributed by atoms with Crippen LogP contribution in [-0.4, -0.2) is 10.2 Å². The molecule has 0 spiro atoms. The quantitative estimate of drug-likeness (QED) is 0.851. The maximum absolute atomic E-state index is 5.44. The first-order valence-corrected chi connectivity index (χ1v) is 6.38. The van der Waals surface area contributed by atoms with Crippen LogP contribution in [-0.2, 0) is 0 Å². The van der Waals surface area contributed by atoms with Crippen molar-refractivity contribution in [2.24, 2.45) is 5.92 Å². The van der Waals surface area contributed by atoms with Gasteiger partial charge in [0, 0.05) is 5.92 Å². The monoisotopic (exact) mass is 223 g/mol. The van der Waals surface area contributed by atoms with Gasteiger partial charge in [-0.05, 0) is 31.6 Å². The Kier molecular flexibility index (Phi) is 3.80. The number of nitrogen functional groups attached to an aromatic ring is 1. The molecule has 0 amide bonds. The Balaban J connectivity index is 1.81. The Morgan fingerprint density at radius 3 is 2.56 bits per heavy atom. The van der Waals surface area contributed by atoms with E-state index in [9.17, 15) is 0 Å². The first-order valence-electron chi connectivity index (χ1n) is 6.38. The van der Waals surface area contributed by atoms with Crippen molar-refractivity contribution in [3.63, 3.8) is 0 Å². The Morgan fingerprint density at radius 1 is 1.25 bits per heavy atom. The Hall–Kier alpha value is -1.06. The zero-order valence-electron chi connectivity index (χ0n) is 9.98. The van der Waals surface area contributed by atoms with Crippen molar-refractivity contribution in [1.29, 1.82) is 0 Å². The molecule has 1 fully saturated rings. The zero-order chi connectivity index (χ0) is 11.4. The molecule has 1 aliphatic carbocycles. The minimum atomic E-state index is 0.197. The molecular formula is C12H21N3O. The average molecular weight is 223 g/mol. The summed E-state index contributed by atoms with van der Waals surface area (Å²) in [4.78, 5) is 0. The van der Waals surface area contributed by atoms with Crippen LogP contribution in [0.1, 0.15) is 63.7 Å². The van der Waals surface area contributed by atoms with E-state index in [1.54, 1.807) is 0 Å². The molecule has 1 aliphatic rings. The maximum Gasteiger partial charge on any atom is 0.312 e. The lowest BCUT2D eigenvalue weighted by Crippen LogP contribution is -2.13. The molecule has 0 aromatic carbocycles. The number of aromatic nitrogens is 2. The Labute approximate surface area is 96.6 Å². The molecule has 1 saturated carbocycles. The van der Waals surface area contributed by atoms with Gasteiger partial charge in [-0.15, -0.1) is 5.10 Å². The molecule has 4 nitrogen and oxygen atoms in total. The molecule has 2 N–H and O–H groups in total. The second-order valence-electron chi connectivity index (χ2n) is 4.84. The van der Waals surface area contributed by atoms with Crippen molar-refractivity contribution >= 4 is 6.01 Å². The standard InChI is InChI=1S/C12H21N3O/c1-2-3-4-9-5-7-10(8-6-9)11-14-15-12(13)16-11/h9-10H,2-8H2,1H3,(H2,13,15). The molecule has 1 aromatic rings. The first kappa shape index (κ1) is 11.4. The minimum absolute atomic E-state index is 0.197. The van der Waals surface area contributed by atoms with Gasteiger partial charge in [0.1, 0.15) is 0 Å². The second kappa shape index (κ2) is 5.32. The van der Waals surface area contributed by atoms with Gasteiger partial charge in [-0.25, -0.2) is 0 Å². The van der Waals surface area contributed by atoms with E-state index in [0.29, 0.717) is 5.92 Å². The van der Waals surface area contributed by atoms with Crippen molar-refractivity contribution in [3.8, 4) is 0 Å². The van der Waals surface area contributed by atoms with E-state index in [4.69, 9.17) is 10.2 Å². The number of nitrogens with zero attached hydrogens (tertiary/aromatic N) is 2. The Morgan fingerprint density at radius 2 is 2.00 bits per heavy atom. The van der Waals surface area contributed by atoms with E-state index < -0.39 is 0 Å². The zero-order valence-corrected chi connectivity index (χ0v) is 9.98. The van der Waals surface area contributed by atoms with Crippen LogP contribution in [0.25, 0.3) is 0 Å². The van der Waals surface area contributed by atoms with Crippen molar-refractivity contribution < 1.29 is 4.42 Å². The summed E-state index contributed by atoms with van der Waals surface area (Å²) in [6.07, 6.45) is 9.00. The molecule has 0 radical (unpaired) electrons. The molecular weight excluding hydrogens is 202 g/mol. The summed E-state index contributed by atoms with van der Waals surface area (Å²) >= 11 is 0. The highest BCUT2D eigenvalue weighted by molar-refractivity contribution is 5.07. The number of unbranched alkanes of at least 4 members (excludes halogenated alkanes) is 1. The summed E-state index contributed by atoms with van der Waals surface area (Å²) in [5.74, 6) is 2.10. The number of rotatable bonds is 4. The number of hydrogen-bond donors (Lipinski definition) is 1. The van der Waals surface area contributed by atoms with Crippen LogP contribution < -0.4 is 5.73 Å². The van der Waals surface area contributed by atoms with E-state index >= 15 is 0 Å². The van der Waals surface area contributed by atoms with Gasteiger partial charge >= 0.3 is 6.01 Å². The smallest absolute Gasteiger partial charge is 0.312 e. The van der Waals surface area contributed by atoms with Crippen molar-refractivity contribution in [1.82, 2.24) is 10.2 Å². The van der Waals surface area contributed by atoms with Crippen LogP contribution in [0, 0.1) is 5.92 Å². The molecule has 0 aliphatic heterocycles. The largest absolute Gasteiger partial charge is 0.408 e. The molecule has 1 heterocycles. The Bertz CT molecular complexity index is 316. The lowest BCUT2D eigenvalue weighted by molar-refractivity contribution is 0.278. The molecule has 90 valence electrons. The van der Waals surface area contributed by atoms with Crippen LogP contribution >= 0.6 is 0 Å².